The molecule has 2 heterocycles. The van der Waals surface area contributed by atoms with Crippen LogP contribution in [0.15, 0.2) is 108 Å². The van der Waals surface area contributed by atoms with Crippen molar-refractivity contribution in [2.45, 2.75) is 104 Å². The summed E-state index contributed by atoms with van der Waals surface area (Å²) in [5, 5.41) is 0. The number of hydrogen-bond donors (Lipinski definition) is 0. The molecule has 10 rings (SSSR count). The number of nitrogens with zero attached hydrogens (tertiary/aromatic N) is 2. The van der Waals surface area contributed by atoms with Crippen molar-refractivity contribution in [3.8, 4) is 0 Å². The van der Waals surface area contributed by atoms with Crippen LogP contribution in [0, 0.1) is 16.7 Å². The van der Waals surface area contributed by atoms with E-state index in [1.807, 2.05) is 0 Å². The summed E-state index contributed by atoms with van der Waals surface area (Å²) >= 11 is 0. The first-order valence-electron chi connectivity index (χ1n) is 19.6. The first-order valence-corrected chi connectivity index (χ1v) is 19.6. The van der Waals surface area contributed by atoms with E-state index in [0.29, 0.717) is 11.8 Å². The van der Waals surface area contributed by atoms with Gasteiger partial charge in [0.25, 0.3) is 6.71 Å². The summed E-state index contributed by atoms with van der Waals surface area (Å²) in [6.07, 6.45) is 17.0. The molecule has 2 aliphatic heterocycles. The van der Waals surface area contributed by atoms with Crippen LogP contribution in [-0.4, -0.2) is 6.71 Å². The Bertz CT molecular complexity index is 2080. The highest BCUT2D eigenvalue weighted by atomic mass is 15.2. The molecule has 2 saturated carbocycles. The van der Waals surface area contributed by atoms with Crippen LogP contribution < -0.4 is 20.7 Å². The Morgan fingerprint density at radius 3 is 2.04 bits per heavy atom. The van der Waals surface area contributed by atoms with Gasteiger partial charge in [0.15, 0.2) is 0 Å². The molecule has 2 atom stereocenters. The minimum atomic E-state index is 0.143. The van der Waals surface area contributed by atoms with Crippen LogP contribution in [0.2, 0.25) is 0 Å². The molecule has 50 heavy (non-hydrogen) atoms. The molecule has 4 aromatic rings. The van der Waals surface area contributed by atoms with E-state index >= 15 is 0 Å². The van der Waals surface area contributed by atoms with Gasteiger partial charge in [0.2, 0.25) is 0 Å². The van der Waals surface area contributed by atoms with E-state index in [-0.39, 0.29) is 23.0 Å². The predicted molar refractivity (Wildman–Crippen MR) is 213 cm³/mol. The molecule has 2 nitrogen and oxygen atoms in total. The molecule has 6 aliphatic rings. The molecule has 4 aliphatic carbocycles. The van der Waals surface area contributed by atoms with E-state index in [9.17, 15) is 0 Å². The highest BCUT2D eigenvalue weighted by Gasteiger charge is 2.54. The Balaban J connectivity index is 1.33. The van der Waals surface area contributed by atoms with Crippen molar-refractivity contribution in [2.24, 2.45) is 16.7 Å². The molecule has 252 valence electrons. The summed E-state index contributed by atoms with van der Waals surface area (Å²) in [6.45, 7) is 12.7. The van der Waals surface area contributed by atoms with Crippen LogP contribution in [-0.2, 0) is 11.8 Å². The van der Waals surface area contributed by atoms with Gasteiger partial charge in [0.1, 0.15) is 0 Å². The number of hydrogen-bond acceptors (Lipinski definition) is 2. The molecule has 0 radical (unpaired) electrons. The van der Waals surface area contributed by atoms with E-state index in [0.717, 1.165) is 6.42 Å². The Hall–Kier alpha value is -3.98. The van der Waals surface area contributed by atoms with Crippen LogP contribution in [0.4, 0.5) is 28.4 Å². The predicted octanol–water partition coefficient (Wildman–Crippen LogP) is 11.3. The standard InChI is InChI=1S/C47H51BN2/c1-45(2)22-21-32-25-39-37(28-36(32)45)48-38-29-43-46(3,4)23-24-47(43,5)30-42(38)50(35-19-13-8-14-20-35)41-27-33(31-15-9-6-10-16-31)26-40(44(41)48)49(39)34-17-11-7-12-18-34/h7-8,11-14,17-20,25-31,43H,6,9-10,15-16,21-24H2,1-5H3. The van der Waals surface area contributed by atoms with Gasteiger partial charge in [0.05, 0.1) is 0 Å². The highest BCUT2D eigenvalue weighted by molar-refractivity contribution is 6.96. The smallest absolute Gasteiger partial charge is 0.251 e. The molecule has 0 saturated heterocycles. The van der Waals surface area contributed by atoms with Gasteiger partial charge in [-0.1, -0.05) is 108 Å². The zero-order chi connectivity index (χ0) is 34.0. The minimum absolute atomic E-state index is 0.143. The fraction of sp³-hybridized carbons (Fsp3) is 0.404. The van der Waals surface area contributed by atoms with Crippen molar-refractivity contribution in [1.29, 1.82) is 0 Å². The van der Waals surface area contributed by atoms with Crippen LogP contribution >= 0.6 is 0 Å². The maximum Gasteiger partial charge on any atom is 0.251 e. The first kappa shape index (κ1) is 30.8. The average molecular weight is 655 g/mol. The molecular weight excluding hydrogens is 603 g/mol. The Kier molecular flexibility index (Phi) is 6.64. The lowest BCUT2D eigenvalue weighted by Gasteiger charge is -2.50. The van der Waals surface area contributed by atoms with Crippen LogP contribution in [0.3, 0.4) is 0 Å². The molecular formula is C47H51BN2. The second kappa shape index (κ2) is 10.8. The molecule has 4 aromatic carbocycles. The minimum Gasteiger partial charge on any atom is -0.312 e. The Labute approximate surface area is 300 Å². The summed E-state index contributed by atoms with van der Waals surface area (Å²) in [5.41, 5.74) is 17.9. The molecule has 2 fully saturated rings. The van der Waals surface area contributed by atoms with Gasteiger partial charge in [-0.15, -0.1) is 0 Å². The van der Waals surface area contributed by atoms with Crippen molar-refractivity contribution < 1.29 is 0 Å². The van der Waals surface area contributed by atoms with Gasteiger partial charge in [-0.25, -0.2) is 0 Å². The molecule has 0 N–H and O–H groups in total. The van der Waals surface area contributed by atoms with Crippen LogP contribution in [0.5, 0.6) is 0 Å². The molecule has 0 aromatic heterocycles. The summed E-state index contributed by atoms with van der Waals surface area (Å²) in [7, 11) is 0. The lowest BCUT2D eigenvalue weighted by atomic mass is 9.31. The van der Waals surface area contributed by atoms with E-state index in [1.54, 1.807) is 11.1 Å². The fourth-order valence-electron chi connectivity index (χ4n) is 11.4. The van der Waals surface area contributed by atoms with Gasteiger partial charge in [-0.3, -0.25) is 0 Å². The number of rotatable bonds is 3. The number of fused-ring (bicyclic) bond motifs is 6. The van der Waals surface area contributed by atoms with Gasteiger partial charge in [-0.2, -0.15) is 0 Å². The van der Waals surface area contributed by atoms with Crippen LogP contribution in [0.25, 0.3) is 0 Å². The van der Waals surface area contributed by atoms with Crippen LogP contribution in [0.1, 0.15) is 109 Å². The average Bonchev–Trinajstić information content (AvgIpc) is 3.56. The van der Waals surface area contributed by atoms with E-state index in [1.165, 1.54) is 107 Å². The van der Waals surface area contributed by atoms with Crippen molar-refractivity contribution in [3.05, 3.63) is 125 Å². The third-order valence-electron chi connectivity index (χ3n) is 14.1. The van der Waals surface area contributed by atoms with Crippen molar-refractivity contribution >= 4 is 46.1 Å². The van der Waals surface area contributed by atoms with E-state index in [2.05, 4.69) is 141 Å². The summed E-state index contributed by atoms with van der Waals surface area (Å²) in [4.78, 5) is 5.35. The van der Waals surface area contributed by atoms with E-state index in [4.69, 9.17) is 0 Å². The maximum atomic E-state index is 2.78. The molecule has 0 spiro atoms. The molecule has 0 amide bonds. The third kappa shape index (κ3) is 4.40. The second-order valence-corrected chi connectivity index (χ2v) is 18.2. The number of aryl methyl sites for hydroxylation is 1. The number of benzene rings is 4. The SMILES string of the molecule is CC1(C)CCc2cc3c(cc21)B1C2=CC4C(C)(C)CCC4(C)C=C2N(c2ccccc2)c2cc(C4CCCCC4)cc(c21)N3c1ccccc1. The summed E-state index contributed by atoms with van der Waals surface area (Å²) < 4.78 is 0. The Morgan fingerprint density at radius 2 is 1.34 bits per heavy atom. The number of anilines is 5. The summed E-state index contributed by atoms with van der Waals surface area (Å²) in [5.74, 6) is 1.12. The lowest BCUT2D eigenvalue weighted by molar-refractivity contribution is 0.231. The normalized spacial score (nSPS) is 25.6. The molecule has 0 bridgehead atoms. The van der Waals surface area contributed by atoms with E-state index < -0.39 is 0 Å². The monoisotopic (exact) mass is 654 g/mol. The first-order chi connectivity index (χ1) is 24.1. The highest BCUT2D eigenvalue weighted by Crippen LogP contribution is 2.60. The Morgan fingerprint density at radius 1 is 0.680 bits per heavy atom. The van der Waals surface area contributed by atoms with Gasteiger partial charge < -0.3 is 9.80 Å². The van der Waals surface area contributed by atoms with Crippen molar-refractivity contribution in [1.82, 2.24) is 0 Å². The topological polar surface area (TPSA) is 6.48 Å². The maximum absolute atomic E-state index is 2.78. The van der Waals surface area contributed by atoms with Crippen molar-refractivity contribution in [2.75, 3.05) is 9.80 Å². The van der Waals surface area contributed by atoms with Crippen molar-refractivity contribution in [3.63, 3.8) is 0 Å². The van der Waals surface area contributed by atoms with Gasteiger partial charge in [0, 0.05) is 34.1 Å². The summed E-state index contributed by atoms with van der Waals surface area (Å²) in [6, 6.07) is 33.1. The quantitative estimate of drug-likeness (QED) is 0.203. The zero-order valence-corrected chi connectivity index (χ0v) is 30.7. The van der Waals surface area contributed by atoms with Gasteiger partial charge >= 0.3 is 0 Å². The van der Waals surface area contributed by atoms with Gasteiger partial charge in [-0.05, 0) is 142 Å². The molecule has 3 heteroatoms. The zero-order valence-electron chi connectivity index (χ0n) is 30.7. The number of para-hydroxylation sites is 2. The second-order valence-electron chi connectivity index (χ2n) is 18.2. The number of allylic oxidation sites excluding steroid dienone is 3. The largest absolute Gasteiger partial charge is 0.312 e. The molecule has 2 unspecified atom stereocenters. The third-order valence-corrected chi connectivity index (χ3v) is 14.1. The fourth-order valence-corrected chi connectivity index (χ4v) is 11.4. The lowest BCUT2D eigenvalue weighted by Crippen LogP contribution is -2.58.